The van der Waals surface area contributed by atoms with E-state index in [9.17, 15) is 14.4 Å². The van der Waals surface area contributed by atoms with Crippen LogP contribution >= 0.6 is 11.3 Å². The molecule has 0 saturated carbocycles. The molecule has 3 aromatic rings. The number of carbonyl (C=O) groups is 3. The topological polar surface area (TPSA) is 115 Å². The first-order valence-corrected chi connectivity index (χ1v) is 14.4. The average Bonchev–Trinajstić information content (AvgIpc) is 3.69. The monoisotopic (exact) mass is 581 g/mol. The van der Waals surface area contributed by atoms with Crippen molar-refractivity contribution < 1.29 is 33.3 Å². The van der Waals surface area contributed by atoms with E-state index < -0.39 is 30.2 Å². The predicted molar refractivity (Wildman–Crippen MR) is 155 cm³/mol. The fourth-order valence-electron chi connectivity index (χ4n) is 4.34. The van der Waals surface area contributed by atoms with Gasteiger partial charge in [0.15, 0.2) is 11.5 Å². The number of methoxy groups -OCH3 is 1. The molecular weight excluding hydrogens is 546 g/mol. The molecule has 10 nitrogen and oxygen atoms in total. The lowest BCUT2D eigenvalue weighted by atomic mass is 10.0. The number of ether oxygens (including phenoxy) is 4. The number of thiophene rings is 1. The minimum Gasteiger partial charge on any atom is -0.469 e. The van der Waals surface area contributed by atoms with Crippen LogP contribution in [-0.4, -0.2) is 44.6 Å². The summed E-state index contributed by atoms with van der Waals surface area (Å²) in [6, 6.07) is 16.9. The Kier molecular flexibility index (Phi) is 10.8. The van der Waals surface area contributed by atoms with E-state index in [4.69, 9.17) is 18.9 Å². The highest BCUT2D eigenvalue weighted by atomic mass is 32.1. The van der Waals surface area contributed by atoms with E-state index in [1.807, 2.05) is 54.8 Å². The maximum absolute atomic E-state index is 13.3. The van der Waals surface area contributed by atoms with Gasteiger partial charge in [-0.2, -0.15) is 0 Å². The number of fused-ring (bicyclic) bond motifs is 1. The van der Waals surface area contributed by atoms with E-state index in [1.54, 1.807) is 34.4 Å². The molecule has 2 aromatic carbocycles. The lowest BCUT2D eigenvalue weighted by Crippen LogP contribution is -2.46. The highest BCUT2D eigenvalue weighted by Crippen LogP contribution is 2.35. The Balaban J connectivity index is 1.41. The molecule has 4 rings (SSSR count). The number of hydrogen-bond donors (Lipinski definition) is 2. The third kappa shape index (κ3) is 8.62. The highest BCUT2D eigenvalue weighted by Gasteiger charge is 2.25. The summed E-state index contributed by atoms with van der Waals surface area (Å²) in [6.07, 6.45) is 1.77. The molecule has 1 aromatic heterocycles. The molecule has 11 heteroatoms. The summed E-state index contributed by atoms with van der Waals surface area (Å²) in [5.41, 5.74) is 1.38. The summed E-state index contributed by atoms with van der Waals surface area (Å²) in [6.45, 7) is 2.53. The molecule has 41 heavy (non-hydrogen) atoms. The van der Waals surface area contributed by atoms with Crippen molar-refractivity contribution in [3.05, 3.63) is 76.5 Å². The first-order chi connectivity index (χ1) is 20.0. The largest absolute Gasteiger partial charge is 0.469 e. The maximum atomic E-state index is 13.3. The lowest BCUT2D eigenvalue weighted by molar-refractivity contribution is -0.141. The van der Waals surface area contributed by atoms with Crippen molar-refractivity contribution in [1.29, 1.82) is 0 Å². The Morgan fingerprint density at radius 3 is 2.56 bits per heavy atom. The van der Waals surface area contributed by atoms with Crippen LogP contribution in [0.2, 0.25) is 0 Å². The smallest absolute Gasteiger partial charge is 0.414 e. The molecule has 2 N–H and O–H groups in total. The summed E-state index contributed by atoms with van der Waals surface area (Å²) < 4.78 is 21.4. The fraction of sp³-hybridized carbons (Fsp3) is 0.367. The number of benzene rings is 2. The number of hydrogen-bond acceptors (Lipinski definition) is 8. The van der Waals surface area contributed by atoms with Gasteiger partial charge in [0.2, 0.25) is 6.79 Å². The molecule has 0 fully saturated rings. The number of urea groups is 1. The Morgan fingerprint density at radius 1 is 1.02 bits per heavy atom. The average molecular weight is 582 g/mol. The number of rotatable bonds is 13. The maximum Gasteiger partial charge on any atom is 0.414 e. The van der Waals surface area contributed by atoms with Crippen LogP contribution in [0.1, 0.15) is 49.1 Å². The van der Waals surface area contributed by atoms with Gasteiger partial charge >= 0.3 is 18.1 Å². The summed E-state index contributed by atoms with van der Waals surface area (Å²) in [4.78, 5) is 41.1. The van der Waals surface area contributed by atoms with Crippen molar-refractivity contribution in [2.75, 3.05) is 25.4 Å². The second-order valence-corrected chi connectivity index (χ2v) is 10.5. The van der Waals surface area contributed by atoms with Crippen LogP contribution in [0, 0.1) is 0 Å². The molecule has 2 heterocycles. The fourth-order valence-corrected chi connectivity index (χ4v) is 5.04. The van der Waals surface area contributed by atoms with Crippen LogP contribution in [0.3, 0.4) is 0 Å². The van der Waals surface area contributed by atoms with Crippen LogP contribution in [-0.2, 0) is 20.8 Å². The number of unbranched alkanes of at least 4 members (excludes halogenated alkanes) is 1. The third-order valence-corrected chi connectivity index (χ3v) is 7.40. The molecule has 218 valence electrons. The number of amides is 3. The second-order valence-electron chi connectivity index (χ2n) is 9.48. The molecule has 0 radical (unpaired) electrons. The zero-order chi connectivity index (χ0) is 29.0. The summed E-state index contributed by atoms with van der Waals surface area (Å²) in [5, 5.41) is 7.75. The summed E-state index contributed by atoms with van der Waals surface area (Å²) in [7, 11) is 1.30. The van der Waals surface area contributed by atoms with Crippen LogP contribution in [0.4, 0.5) is 15.3 Å². The molecule has 2 atom stereocenters. The minimum absolute atomic E-state index is 0.00821. The lowest BCUT2D eigenvalue weighted by Gasteiger charge is -2.25. The molecule has 1 aliphatic heterocycles. The standard InChI is InChI=1S/C30H35N3O7S/c1-3-4-9-22(19-38-30(36)33(18-24-12-8-15-41-24)23-10-6-5-7-11-23)31-29(35)32-25(17-28(34)37-2)21-13-14-26-27(16-21)40-20-39-26/h5-8,10-16,22,25H,3-4,9,17-20H2,1-2H3,(H2,31,32,35)/t22-,25?/m0/s1. The highest BCUT2D eigenvalue weighted by molar-refractivity contribution is 7.09. The van der Waals surface area contributed by atoms with Gasteiger partial charge in [-0.15, -0.1) is 11.3 Å². The SMILES string of the molecule is CCCC[C@@H](COC(=O)N(Cc1cccs1)c1ccccc1)NC(=O)NC(CC(=O)OC)c1ccc2c(c1)OCO2. The minimum atomic E-state index is -0.675. The van der Waals surface area contributed by atoms with Gasteiger partial charge < -0.3 is 29.6 Å². The Labute approximate surface area is 243 Å². The molecule has 0 aliphatic carbocycles. The number of para-hydroxylation sites is 1. The van der Waals surface area contributed by atoms with Crippen molar-refractivity contribution in [2.24, 2.45) is 0 Å². The van der Waals surface area contributed by atoms with Gasteiger partial charge in [-0.05, 0) is 47.7 Å². The van der Waals surface area contributed by atoms with Crippen molar-refractivity contribution in [3.63, 3.8) is 0 Å². The number of anilines is 1. The van der Waals surface area contributed by atoms with E-state index in [2.05, 4.69) is 10.6 Å². The van der Waals surface area contributed by atoms with E-state index in [0.717, 1.165) is 23.4 Å². The van der Waals surface area contributed by atoms with Crippen LogP contribution in [0.5, 0.6) is 11.5 Å². The van der Waals surface area contributed by atoms with Gasteiger partial charge in [0.1, 0.15) is 6.61 Å². The van der Waals surface area contributed by atoms with Crippen molar-refractivity contribution in [2.45, 2.75) is 51.2 Å². The van der Waals surface area contributed by atoms with Gasteiger partial charge in [-0.1, -0.05) is 50.1 Å². The normalized spacial score (nSPS) is 13.1. The number of nitrogens with zero attached hydrogens (tertiary/aromatic N) is 1. The van der Waals surface area contributed by atoms with Gasteiger partial charge in [-0.25, -0.2) is 9.59 Å². The number of carbonyl (C=O) groups excluding carboxylic acids is 3. The zero-order valence-electron chi connectivity index (χ0n) is 23.2. The predicted octanol–water partition coefficient (Wildman–Crippen LogP) is 5.78. The van der Waals surface area contributed by atoms with Crippen molar-refractivity contribution >= 4 is 35.1 Å². The first-order valence-electron chi connectivity index (χ1n) is 13.5. The first kappa shape index (κ1) is 29.7. The van der Waals surface area contributed by atoms with Gasteiger partial charge in [-0.3, -0.25) is 9.69 Å². The van der Waals surface area contributed by atoms with E-state index in [1.165, 1.54) is 7.11 Å². The molecular formula is C30H35N3O7S. The van der Waals surface area contributed by atoms with E-state index >= 15 is 0 Å². The molecule has 0 bridgehead atoms. The molecule has 3 amide bonds. The Bertz CT molecular complexity index is 1290. The van der Waals surface area contributed by atoms with Crippen LogP contribution in [0.25, 0.3) is 0 Å². The zero-order valence-corrected chi connectivity index (χ0v) is 24.0. The van der Waals surface area contributed by atoms with Crippen molar-refractivity contribution in [1.82, 2.24) is 10.6 Å². The molecule has 0 saturated heterocycles. The quantitative estimate of drug-likeness (QED) is 0.246. The summed E-state index contributed by atoms with van der Waals surface area (Å²) >= 11 is 1.56. The molecule has 1 unspecified atom stereocenters. The van der Waals surface area contributed by atoms with Gasteiger partial charge in [0, 0.05) is 10.6 Å². The van der Waals surface area contributed by atoms with E-state index in [0.29, 0.717) is 30.0 Å². The Hall–Kier alpha value is -4.25. The number of esters is 1. The second kappa shape index (κ2) is 14.9. The molecule has 0 spiro atoms. The van der Waals surface area contributed by atoms with Crippen LogP contribution in [0.15, 0.2) is 66.0 Å². The van der Waals surface area contributed by atoms with Crippen molar-refractivity contribution in [3.8, 4) is 11.5 Å². The van der Waals surface area contributed by atoms with E-state index in [-0.39, 0.29) is 19.8 Å². The Morgan fingerprint density at radius 2 is 1.83 bits per heavy atom. The number of nitrogens with one attached hydrogen (secondary N) is 2. The van der Waals surface area contributed by atoms with Gasteiger partial charge in [0.05, 0.1) is 32.2 Å². The molecule has 1 aliphatic rings. The third-order valence-electron chi connectivity index (χ3n) is 6.53. The summed E-state index contributed by atoms with van der Waals surface area (Å²) in [5.74, 6) is 0.661. The van der Waals surface area contributed by atoms with Gasteiger partial charge in [0.25, 0.3) is 0 Å². The van der Waals surface area contributed by atoms with Crippen LogP contribution < -0.4 is 25.0 Å².